The fourth-order valence-corrected chi connectivity index (χ4v) is 5.35. The van der Waals surface area contributed by atoms with E-state index in [1.54, 1.807) is 11.3 Å². The molecule has 154 valence electrons. The molecule has 5 nitrogen and oxygen atoms in total. The Morgan fingerprint density at radius 2 is 1.90 bits per heavy atom. The molecule has 0 radical (unpaired) electrons. The van der Waals surface area contributed by atoms with Crippen molar-refractivity contribution in [3.05, 3.63) is 63.4 Å². The van der Waals surface area contributed by atoms with Gasteiger partial charge in [-0.15, -0.1) is 11.3 Å². The molecule has 0 saturated carbocycles. The van der Waals surface area contributed by atoms with Crippen molar-refractivity contribution in [3.63, 3.8) is 0 Å². The summed E-state index contributed by atoms with van der Waals surface area (Å²) in [6, 6.07) is 15.7. The number of carbonyl (C=O) groups is 1. The van der Waals surface area contributed by atoms with E-state index in [0.717, 1.165) is 46.7 Å². The molecule has 1 aromatic heterocycles. The van der Waals surface area contributed by atoms with Gasteiger partial charge in [0.25, 0.3) is 5.91 Å². The monoisotopic (exact) mass is 484 g/mol. The Kier molecular flexibility index (Phi) is 5.48. The molecule has 3 aromatic rings. The molecule has 0 bridgehead atoms. The van der Waals surface area contributed by atoms with E-state index in [1.807, 2.05) is 41.3 Å². The maximum Gasteiger partial charge on any atom is 0.267 e. The first-order valence-electron chi connectivity index (χ1n) is 10.1. The smallest absolute Gasteiger partial charge is 0.267 e. The van der Waals surface area contributed by atoms with Crippen LogP contribution in [0.25, 0.3) is 11.3 Å². The zero-order valence-corrected chi connectivity index (χ0v) is 18.7. The zero-order valence-electron chi connectivity index (χ0n) is 16.3. The summed E-state index contributed by atoms with van der Waals surface area (Å²) in [5, 5.41) is 3.28. The molecule has 0 spiro atoms. The average molecular weight is 485 g/mol. The fraction of sp³-hybridized carbons (Fsp3) is 0.304. The van der Waals surface area contributed by atoms with Crippen molar-refractivity contribution in [3.8, 4) is 22.8 Å². The molecule has 1 unspecified atom stereocenters. The van der Waals surface area contributed by atoms with Gasteiger partial charge in [-0.2, -0.15) is 0 Å². The maximum absolute atomic E-state index is 12.9. The van der Waals surface area contributed by atoms with Crippen LogP contribution < -0.4 is 9.47 Å². The Hall–Kier alpha value is -2.38. The number of aromatic nitrogens is 1. The van der Waals surface area contributed by atoms with Crippen LogP contribution in [0.1, 0.15) is 23.8 Å². The second kappa shape index (κ2) is 8.40. The van der Waals surface area contributed by atoms with Gasteiger partial charge in [-0.25, -0.2) is 4.98 Å². The Morgan fingerprint density at radius 1 is 1.10 bits per heavy atom. The fourth-order valence-electron chi connectivity index (χ4n) is 3.95. The van der Waals surface area contributed by atoms with Gasteiger partial charge in [0, 0.05) is 34.4 Å². The average Bonchev–Trinajstić information content (AvgIpc) is 3.29. The molecule has 30 heavy (non-hydrogen) atoms. The summed E-state index contributed by atoms with van der Waals surface area (Å²) in [6.07, 6.45) is 1.27. The summed E-state index contributed by atoms with van der Waals surface area (Å²) in [5.74, 6) is 1.74. The van der Waals surface area contributed by atoms with E-state index in [-0.39, 0.29) is 12.5 Å². The highest BCUT2D eigenvalue weighted by molar-refractivity contribution is 9.10. The van der Waals surface area contributed by atoms with Crippen LogP contribution in [-0.2, 0) is 4.79 Å². The standard InChI is InChI=1S/C23H21BrN2O3S/c24-17-5-3-4-16(12-17)18-14-30-22(25-18)15-8-10-26(11-9-15)23(27)21-13-28-19-6-1-2-7-20(19)29-21/h1-7,12,14-15,21H,8-11,13H2. The van der Waals surface area contributed by atoms with Crippen LogP contribution in [0, 0.1) is 0 Å². The van der Waals surface area contributed by atoms with Crippen LogP contribution in [0.2, 0.25) is 0 Å². The molecule has 5 rings (SSSR count). The van der Waals surface area contributed by atoms with Gasteiger partial charge >= 0.3 is 0 Å². The molecule has 0 N–H and O–H groups in total. The Balaban J connectivity index is 1.20. The number of fused-ring (bicyclic) bond motifs is 1. The van der Waals surface area contributed by atoms with Crippen molar-refractivity contribution in [2.24, 2.45) is 0 Å². The van der Waals surface area contributed by atoms with Gasteiger partial charge in [-0.1, -0.05) is 40.2 Å². The van der Waals surface area contributed by atoms with Crippen LogP contribution in [0.4, 0.5) is 0 Å². The first-order chi connectivity index (χ1) is 14.7. The first-order valence-corrected chi connectivity index (χ1v) is 11.7. The minimum atomic E-state index is -0.570. The minimum Gasteiger partial charge on any atom is -0.485 e. The molecule has 2 aliphatic rings. The normalized spacial score (nSPS) is 19.0. The highest BCUT2D eigenvalue weighted by atomic mass is 79.9. The number of para-hydroxylation sites is 2. The molecule has 1 saturated heterocycles. The van der Waals surface area contributed by atoms with Crippen LogP contribution in [0.15, 0.2) is 58.4 Å². The molecular weight excluding hydrogens is 464 g/mol. The van der Waals surface area contributed by atoms with Gasteiger partial charge in [0.2, 0.25) is 6.10 Å². The number of hydrogen-bond donors (Lipinski definition) is 0. The van der Waals surface area contributed by atoms with Crippen molar-refractivity contribution < 1.29 is 14.3 Å². The number of nitrogens with zero attached hydrogens (tertiary/aromatic N) is 2. The maximum atomic E-state index is 12.9. The molecular formula is C23H21BrN2O3S. The second-order valence-corrected chi connectivity index (χ2v) is 9.35. The highest BCUT2D eigenvalue weighted by Gasteiger charge is 2.33. The topological polar surface area (TPSA) is 51.7 Å². The number of piperidine rings is 1. The van der Waals surface area contributed by atoms with Crippen LogP contribution in [0.3, 0.4) is 0 Å². The van der Waals surface area contributed by atoms with E-state index in [0.29, 0.717) is 17.4 Å². The van der Waals surface area contributed by atoms with Gasteiger partial charge in [0.1, 0.15) is 6.61 Å². The number of hydrogen-bond acceptors (Lipinski definition) is 5. The van der Waals surface area contributed by atoms with Gasteiger partial charge < -0.3 is 14.4 Å². The largest absolute Gasteiger partial charge is 0.485 e. The third-order valence-electron chi connectivity index (χ3n) is 5.58. The van der Waals surface area contributed by atoms with Gasteiger partial charge in [0.05, 0.1) is 10.7 Å². The van der Waals surface area contributed by atoms with Crippen molar-refractivity contribution in [1.82, 2.24) is 9.88 Å². The number of likely N-dealkylation sites (tertiary alicyclic amines) is 1. The lowest BCUT2D eigenvalue weighted by Gasteiger charge is -2.34. The van der Waals surface area contributed by atoms with E-state index in [2.05, 4.69) is 33.4 Å². The number of amides is 1. The Morgan fingerprint density at radius 3 is 2.70 bits per heavy atom. The summed E-state index contributed by atoms with van der Waals surface area (Å²) < 4.78 is 12.7. The third kappa shape index (κ3) is 3.96. The van der Waals surface area contributed by atoms with Crippen molar-refractivity contribution in [1.29, 1.82) is 0 Å². The number of halogens is 1. The number of thiazole rings is 1. The van der Waals surface area contributed by atoms with Gasteiger partial charge in [0.15, 0.2) is 11.5 Å². The van der Waals surface area contributed by atoms with E-state index < -0.39 is 6.10 Å². The quantitative estimate of drug-likeness (QED) is 0.517. The third-order valence-corrected chi connectivity index (χ3v) is 7.08. The van der Waals surface area contributed by atoms with E-state index in [9.17, 15) is 4.79 Å². The highest BCUT2D eigenvalue weighted by Crippen LogP contribution is 2.35. The number of carbonyl (C=O) groups excluding carboxylic acids is 1. The molecule has 1 fully saturated rings. The van der Waals surface area contributed by atoms with E-state index in [4.69, 9.17) is 14.5 Å². The van der Waals surface area contributed by atoms with E-state index in [1.165, 1.54) is 0 Å². The predicted octanol–water partition coefficient (Wildman–Crippen LogP) is 5.12. The van der Waals surface area contributed by atoms with Crippen LogP contribution >= 0.6 is 27.3 Å². The van der Waals surface area contributed by atoms with Crippen molar-refractivity contribution in [2.45, 2.75) is 24.9 Å². The summed E-state index contributed by atoms with van der Waals surface area (Å²) in [5.41, 5.74) is 2.13. The molecule has 7 heteroatoms. The summed E-state index contributed by atoms with van der Waals surface area (Å²) in [4.78, 5) is 19.7. The van der Waals surface area contributed by atoms with Crippen LogP contribution in [-0.4, -0.2) is 41.6 Å². The number of benzene rings is 2. The van der Waals surface area contributed by atoms with Crippen LogP contribution in [0.5, 0.6) is 11.5 Å². The molecule has 2 aromatic carbocycles. The molecule has 1 atom stereocenters. The van der Waals surface area contributed by atoms with E-state index >= 15 is 0 Å². The summed E-state index contributed by atoms with van der Waals surface area (Å²) >= 11 is 5.24. The lowest BCUT2D eigenvalue weighted by Crippen LogP contribution is -2.48. The Bertz CT molecular complexity index is 1060. The molecule has 2 aliphatic heterocycles. The molecule has 0 aliphatic carbocycles. The van der Waals surface area contributed by atoms with Gasteiger partial charge in [-0.3, -0.25) is 4.79 Å². The minimum absolute atomic E-state index is 0.0110. The zero-order chi connectivity index (χ0) is 20.5. The summed E-state index contributed by atoms with van der Waals surface area (Å²) in [6.45, 7) is 1.70. The van der Waals surface area contributed by atoms with Crippen molar-refractivity contribution in [2.75, 3.05) is 19.7 Å². The van der Waals surface area contributed by atoms with Gasteiger partial charge in [-0.05, 0) is 37.1 Å². The second-order valence-electron chi connectivity index (χ2n) is 7.55. The number of ether oxygens (including phenoxy) is 2. The SMILES string of the molecule is O=C(C1COc2ccccc2O1)N1CCC(c2nc(-c3cccc(Br)c3)cs2)CC1. The lowest BCUT2D eigenvalue weighted by molar-refractivity contribution is -0.142. The lowest BCUT2D eigenvalue weighted by atomic mass is 9.97. The predicted molar refractivity (Wildman–Crippen MR) is 120 cm³/mol. The molecule has 3 heterocycles. The molecule has 1 amide bonds. The number of rotatable bonds is 3. The Labute approximate surface area is 187 Å². The van der Waals surface area contributed by atoms with Crippen molar-refractivity contribution >= 4 is 33.2 Å². The first kappa shape index (κ1) is 19.6. The summed E-state index contributed by atoms with van der Waals surface area (Å²) in [7, 11) is 0.